The Balaban J connectivity index is 1.02. The van der Waals surface area contributed by atoms with Crippen molar-refractivity contribution in [3.05, 3.63) is 242 Å². The van der Waals surface area contributed by atoms with Crippen molar-refractivity contribution in [1.82, 2.24) is 8.80 Å². The van der Waals surface area contributed by atoms with Crippen molar-refractivity contribution in [3.63, 3.8) is 0 Å². The molecule has 11 aromatic carbocycles. The van der Waals surface area contributed by atoms with Crippen molar-refractivity contribution >= 4 is 137 Å². The lowest BCUT2D eigenvalue weighted by Crippen LogP contribution is -2.37. The summed E-state index contributed by atoms with van der Waals surface area (Å²) in [7, 11) is -3.49. The first kappa shape index (κ1) is 48.2. The highest BCUT2D eigenvalue weighted by molar-refractivity contribution is 6.89. The molecule has 386 valence electrons. The van der Waals surface area contributed by atoms with Crippen LogP contribution >= 0.6 is 0 Å². The molecule has 0 radical (unpaired) electrons. The van der Waals surface area contributed by atoms with Gasteiger partial charge in [0.05, 0.1) is 72.0 Å². The first-order valence-corrected chi connectivity index (χ1v) is 35.3. The summed E-state index contributed by atoms with van der Waals surface area (Å²) in [6.07, 6.45) is 0. The van der Waals surface area contributed by atoms with Crippen molar-refractivity contribution in [2.45, 2.75) is 53.1 Å². The summed E-state index contributed by atoms with van der Waals surface area (Å²) in [6.45, 7) is 19.1. The second-order valence-corrected chi connectivity index (χ2v) is 34.5. The van der Waals surface area contributed by atoms with Gasteiger partial charge in [0, 0.05) is 65.6 Å². The molecular weight excluding hydrogens is 1000 g/mol. The molecule has 0 aliphatic carbocycles. The minimum absolute atomic E-state index is 1.14. The van der Waals surface area contributed by atoms with E-state index >= 15 is 0 Å². The monoisotopic (exact) mass is 1060 g/mol. The number of aromatic nitrogens is 2. The Morgan fingerprint density at radius 2 is 0.675 bits per heavy atom. The van der Waals surface area contributed by atoms with Crippen molar-refractivity contribution in [2.24, 2.45) is 0 Å². The molecule has 0 N–H and O–H groups in total. The van der Waals surface area contributed by atoms with E-state index < -0.39 is 16.1 Å². The first-order valence-electron chi connectivity index (χ1n) is 28.3. The Morgan fingerprint density at radius 3 is 1.06 bits per heavy atom. The van der Waals surface area contributed by atoms with E-state index in [1.165, 1.54) is 143 Å². The quantitative estimate of drug-likeness (QED) is 0.127. The summed E-state index contributed by atoms with van der Waals surface area (Å²) >= 11 is 0. The molecule has 0 saturated heterocycles. The number of aryl methyl sites for hydroxylation is 2. The van der Waals surface area contributed by atoms with Gasteiger partial charge in [-0.2, -0.15) is 0 Å². The maximum absolute atomic E-state index is 2.58. The van der Waals surface area contributed by atoms with Crippen LogP contribution in [0.25, 0.3) is 98.4 Å². The molecule has 0 spiro atoms. The summed E-state index contributed by atoms with van der Waals surface area (Å²) in [5, 5.41) is 12.9. The minimum atomic E-state index is -1.74. The van der Waals surface area contributed by atoms with Gasteiger partial charge in [-0.15, -0.1) is 0 Å². The van der Waals surface area contributed by atoms with E-state index in [0.29, 0.717) is 0 Å². The van der Waals surface area contributed by atoms with Crippen LogP contribution < -0.4 is 20.2 Å². The Morgan fingerprint density at radius 1 is 0.300 bits per heavy atom. The fourth-order valence-corrected chi connectivity index (χ4v) is 15.4. The highest BCUT2D eigenvalue weighted by Gasteiger charge is 2.31. The van der Waals surface area contributed by atoms with Crippen LogP contribution in [0, 0.1) is 13.8 Å². The third-order valence-corrected chi connectivity index (χ3v) is 21.3. The topological polar surface area (TPSA) is 15.3 Å². The molecule has 0 aliphatic heterocycles. The molecule has 4 nitrogen and oxygen atoms in total. The average Bonchev–Trinajstić information content (AvgIpc) is 4.39. The predicted octanol–water partition coefficient (Wildman–Crippen LogP) is 20.0. The number of rotatable bonds is 10. The maximum atomic E-state index is 2.58. The van der Waals surface area contributed by atoms with Gasteiger partial charge in [-0.3, -0.25) is 0 Å². The molecule has 0 amide bonds. The zero-order valence-corrected chi connectivity index (χ0v) is 48.7. The van der Waals surface area contributed by atoms with E-state index in [1.54, 1.807) is 0 Å². The average molecular weight is 1060 g/mol. The summed E-state index contributed by atoms with van der Waals surface area (Å²) < 4.78 is 5.16. The van der Waals surface area contributed by atoms with Gasteiger partial charge >= 0.3 is 0 Å². The smallest absolute Gasteiger partial charge is 0.0776 e. The van der Waals surface area contributed by atoms with E-state index in [-0.39, 0.29) is 0 Å². The molecule has 15 aromatic rings. The van der Waals surface area contributed by atoms with Crippen LogP contribution in [0.2, 0.25) is 39.3 Å². The Bertz CT molecular complexity index is 4590. The third kappa shape index (κ3) is 7.32. The molecule has 6 heteroatoms. The fourth-order valence-electron chi connectivity index (χ4n) is 13.1. The van der Waals surface area contributed by atoms with Crippen LogP contribution in [-0.2, 0) is 0 Å². The second kappa shape index (κ2) is 17.8. The van der Waals surface area contributed by atoms with Crippen LogP contribution in [0.15, 0.2) is 231 Å². The molecule has 0 aliphatic rings. The van der Waals surface area contributed by atoms with Crippen molar-refractivity contribution in [3.8, 4) is 22.3 Å². The Hall–Kier alpha value is -8.95. The standard InChI is InChI=1S/C74H62N4Si2/c1-47-27-31-51(32-28-47)75(67-43-53(79(3,4)5)35-37-55(67)49-19-11-9-12-20-49)65-41-39-57-61-45-70-62(46-69(61)77-63-25-17-15-23-59(63)71(65)73(57)77)58-40-42-66(72-60-24-16-18-26-64(60)78(70)74(58)72)76(52-33-29-48(2)30-34-52)68-44-54(80(6,7)8)36-38-56(68)50-21-13-10-14-22-50/h9-46H,1-8H3. The summed E-state index contributed by atoms with van der Waals surface area (Å²) in [5.74, 6) is 0. The molecule has 4 aromatic heterocycles. The normalized spacial score (nSPS) is 12.5. The van der Waals surface area contributed by atoms with Gasteiger partial charge in [0.1, 0.15) is 0 Å². The molecule has 0 saturated carbocycles. The SMILES string of the molecule is Cc1ccc(N(c2cc([Si](C)(C)C)ccc2-c2ccccc2)c2ccc3c4cc5c(cc4n4c6ccccc6c2c34)c2ccc(N(c3ccc(C)cc3)c3cc([Si](C)(C)C)ccc3-c3ccccc3)c3c4ccccc4n5c23)cc1. The Kier molecular flexibility index (Phi) is 10.7. The molecule has 0 fully saturated rings. The van der Waals surface area contributed by atoms with E-state index in [0.717, 1.165) is 11.4 Å². The number of hydrogen-bond donors (Lipinski definition) is 0. The second-order valence-electron chi connectivity index (χ2n) is 24.3. The minimum Gasteiger partial charge on any atom is -0.309 e. The predicted molar refractivity (Wildman–Crippen MR) is 351 cm³/mol. The van der Waals surface area contributed by atoms with Crippen LogP contribution in [0.4, 0.5) is 34.1 Å². The molecule has 0 bridgehead atoms. The molecule has 80 heavy (non-hydrogen) atoms. The van der Waals surface area contributed by atoms with Crippen LogP contribution in [-0.4, -0.2) is 24.9 Å². The highest BCUT2D eigenvalue weighted by atomic mass is 28.3. The highest BCUT2D eigenvalue weighted by Crippen LogP contribution is 2.53. The molecule has 0 atom stereocenters. The van der Waals surface area contributed by atoms with Gasteiger partial charge in [-0.25, -0.2) is 0 Å². The molecular formula is C74H62N4Si2. The number of fused-ring (bicyclic) bond motifs is 12. The molecule has 0 unspecified atom stereocenters. The lowest BCUT2D eigenvalue weighted by molar-refractivity contribution is 1.29. The summed E-state index contributed by atoms with van der Waals surface area (Å²) in [5.41, 5.74) is 21.7. The van der Waals surface area contributed by atoms with Gasteiger partial charge in [0.15, 0.2) is 0 Å². The molecule has 15 rings (SSSR count). The summed E-state index contributed by atoms with van der Waals surface area (Å²) in [4.78, 5) is 5.12. The lowest BCUT2D eigenvalue weighted by Gasteiger charge is -2.30. The Labute approximate surface area is 469 Å². The zero-order chi connectivity index (χ0) is 54.3. The van der Waals surface area contributed by atoms with Crippen molar-refractivity contribution in [2.75, 3.05) is 9.80 Å². The zero-order valence-electron chi connectivity index (χ0n) is 46.7. The van der Waals surface area contributed by atoms with Crippen LogP contribution in [0.1, 0.15) is 11.1 Å². The van der Waals surface area contributed by atoms with E-state index in [9.17, 15) is 0 Å². The fraction of sp³-hybridized carbons (Fsp3) is 0.108. The maximum Gasteiger partial charge on any atom is 0.0776 e. The van der Waals surface area contributed by atoms with Crippen LogP contribution in [0.3, 0.4) is 0 Å². The van der Waals surface area contributed by atoms with Crippen molar-refractivity contribution in [1.29, 1.82) is 0 Å². The van der Waals surface area contributed by atoms with Gasteiger partial charge < -0.3 is 18.6 Å². The van der Waals surface area contributed by atoms with Gasteiger partial charge in [0.2, 0.25) is 0 Å². The van der Waals surface area contributed by atoms with E-state index in [1.807, 2.05) is 0 Å². The van der Waals surface area contributed by atoms with Crippen molar-refractivity contribution < 1.29 is 0 Å². The van der Waals surface area contributed by atoms with Gasteiger partial charge in [-0.1, -0.05) is 219 Å². The number of hydrogen-bond acceptors (Lipinski definition) is 2. The van der Waals surface area contributed by atoms with E-state index in [2.05, 4.69) is 302 Å². The first-order chi connectivity index (χ1) is 38.8. The molecule has 4 heterocycles. The van der Waals surface area contributed by atoms with Gasteiger partial charge in [-0.05, 0) is 97.8 Å². The van der Waals surface area contributed by atoms with Gasteiger partial charge in [0.25, 0.3) is 0 Å². The lowest BCUT2D eigenvalue weighted by atomic mass is 9.99. The van der Waals surface area contributed by atoms with Crippen LogP contribution in [0.5, 0.6) is 0 Å². The number of anilines is 6. The third-order valence-electron chi connectivity index (χ3n) is 17.2. The number of benzene rings is 11. The summed E-state index contributed by atoms with van der Waals surface area (Å²) in [6, 6.07) is 87.5. The van der Waals surface area contributed by atoms with E-state index in [4.69, 9.17) is 0 Å². The largest absolute Gasteiger partial charge is 0.309 e. The number of para-hydroxylation sites is 2. The number of nitrogens with zero attached hydrogens (tertiary/aromatic N) is 4.